The van der Waals surface area contributed by atoms with E-state index in [-0.39, 0.29) is 29.9 Å². The fourth-order valence-electron chi connectivity index (χ4n) is 3.63. The molecule has 8 nitrogen and oxygen atoms in total. The van der Waals surface area contributed by atoms with Gasteiger partial charge in [-0.15, -0.1) is 0 Å². The number of rotatable bonds is 5. The first-order valence-electron chi connectivity index (χ1n) is 8.52. The molecule has 2 aliphatic heterocycles. The molecule has 2 heterocycles. The van der Waals surface area contributed by atoms with Crippen LogP contribution in [0.2, 0.25) is 0 Å². The first-order valence-corrected chi connectivity index (χ1v) is 8.52. The molecule has 0 saturated carbocycles. The van der Waals surface area contributed by atoms with Gasteiger partial charge in [0, 0.05) is 11.1 Å². The fraction of sp³-hybridized carbons (Fsp3) is 0.368. The summed E-state index contributed by atoms with van der Waals surface area (Å²) in [5, 5.41) is 11.5. The van der Waals surface area contributed by atoms with Crippen molar-refractivity contribution in [1.82, 2.24) is 4.90 Å². The summed E-state index contributed by atoms with van der Waals surface area (Å²) < 4.78 is 10.0. The Balaban J connectivity index is 2.34. The Bertz CT molecular complexity index is 870. The van der Waals surface area contributed by atoms with Crippen molar-refractivity contribution in [3.8, 4) is 0 Å². The largest absolute Gasteiger partial charge is 0.464 e. The molecule has 1 amide bonds. The molecule has 1 aromatic carbocycles. The molecule has 142 valence electrons. The van der Waals surface area contributed by atoms with E-state index in [9.17, 15) is 24.3 Å². The highest BCUT2D eigenvalue weighted by molar-refractivity contribution is 6.18. The van der Waals surface area contributed by atoms with Gasteiger partial charge in [0.25, 0.3) is 11.4 Å². The topological polar surface area (TPSA) is 110 Å². The number of ether oxygens (including phenoxy) is 2. The number of Topliss-reactive ketones (excluding diaryl/α,β-unsaturated/α-hetero) is 1. The highest BCUT2D eigenvalue weighted by Crippen LogP contribution is 2.52. The standard InChI is InChI=1S/C19H19NO7/c1-4-26-16(23)18(17(24)27-5-2)10-14(11(3)21)19(25)13-9-7-6-8-12(13)15(22)20(18)19/h6-10,25H,4-5H2,1-3H3. The molecule has 3 rings (SSSR count). The number of hydrogen-bond donors (Lipinski definition) is 1. The van der Waals surface area contributed by atoms with Crippen LogP contribution < -0.4 is 0 Å². The first kappa shape index (κ1) is 18.8. The number of nitrogens with zero attached hydrogens (tertiary/aromatic N) is 1. The average Bonchev–Trinajstić information content (AvgIpc) is 3.04. The Morgan fingerprint density at radius 3 is 2.15 bits per heavy atom. The minimum Gasteiger partial charge on any atom is -0.464 e. The summed E-state index contributed by atoms with van der Waals surface area (Å²) in [5.74, 6) is -3.57. The molecule has 0 aromatic heterocycles. The van der Waals surface area contributed by atoms with Gasteiger partial charge in [-0.25, -0.2) is 9.59 Å². The van der Waals surface area contributed by atoms with Crippen LogP contribution in [0, 0.1) is 0 Å². The van der Waals surface area contributed by atoms with Crippen LogP contribution in [0.15, 0.2) is 35.9 Å². The molecule has 1 aromatic rings. The Hall–Kier alpha value is -3.00. The summed E-state index contributed by atoms with van der Waals surface area (Å²) in [6.07, 6.45) is 0.985. The van der Waals surface area contributed by atoms with E-state index in [2.05, 4.69) is 0 Å². The summed E-state index contributed by atoms with van der Waals surface area (Å²) in [4.78, 5) is 51.8. The maximum absolute atomic E-state index is 13.1. The van der Waals surface area contributed by atoms with Crippen LogP contribution >= 0.6 is 0 Å². The molecular formula is C19H19NO7. The average molecular weight is 373 g/mol. The van der Waals surface area contributed by atoms with Crippen LogP contribution in [0.25, 0.3) is 0 Å². The molecule has 2 aliphatic rings. The van der Waals surface area contributed by atoms with Gasteiger partial charge in [0.15, 0.2) is 11.5 Å². The van der Waals surface area contributed by atoms with E-state index in [1.54, 1.807) is 12.1 Å². The van der Waals surface area contributed by atoms with Crippen LogP contribution in [-0.2, 0) is 29.6 Å². The lowest BCUT2D eigenvalue weighted by Gasteiger charge is -2.37. The lowest BCUT2D eigenvalue weighted by Crippen LogP contribution is -2.62. The maximum Gasteiger partial charge on any atom is 0.348 e. The van der Waals surface area contributed by atoms with Gasteiger partial charge >= 0.3 is 11.9 Å². The third kappa shape index (κ3) is 2.26. The Kier molecular flexibility index (Phi) is 4.39. The minimum atomic E-state index is -2.39. The van der Waals surface area contributed by atoms with E-state index in [0.717, 1.165) is 6.08 Å². The summed E-state index contributed by atoms with van der Waals surface area (Å²) in [6.45, 7) is 4.11. The SMILES string of the molecule is CCOC(=O)C1(C(=O)OCC)C=C(C(C)=O)C2(O)c3ccccc3C(=O)N12. The molecule has 8 heteroatoms. The number of benzene rings is 1. The van der Waals surface area contributed by atoms with Crippen molar-refractivity contribution in [3.63, 3.8) is 0 Å². The van der Waals surface area contributed by atoms with Gasteiger partial charge in [-0.1, -0.05) is 18.2 Å². The van der Waals surface area contributed by atoms with Crippen LogP contribution in [0.5, 0.6) is 0 Å². The predicted molar refractivity (Wildman–Crippen MR) is 91.3 cm³/mol. The second kappa shape index (κ2) is 6.31. The summed E-state index contributed by atoms with van der Waals surface area (Å²) in [5.41, 5.74) is -4.71. The normalized spacial score (nSPS) is 22.0. The molecule has 0 bridgehead atoms. The van der Waals surface area contributed by atoms with E-state index in [4.69, 9.17) is 9.47 Å². The second-order valence-electron chi connectivity index (χ2n) is 6.18. The number of carbonyl (C=O) groups is 4. The molecule has 0 spiro atoms. The molecule has 1 atom stereocenters. The minimum absolute atomic E-state index is 0.0728. The number of fused-ring (bicyclic) bond motifs is 3. The zero-order chi connectivity index (χ0) is 20.0. The van der Waals surface area contributed by atoms with Gasteiger partial charge in [0.2, 0.25) is 0 Å². The van der Waals surface area contributed by atoms with Gasteiger partial charge in [-0.2, -0.15) is 0 Å². The zero-order valence-corrected chi connectivity index (χ0v) is 15.1. The van der Waals surface area contributed by atoms with Crippen molar-refractivity contribution in [3.05, 3.63) is 47.0 Å². The van der Waals surface area contributed by atoms with E-state index in [1.807, 2.05) is 0 Å². The molecule has 0 aliphatic carbocycles. The van der Waals surface area contributed by atoms with Crippen molar-refractivity contribution in [2.45, 2.75) is 32.0 Å². The second-order valence-corrected chi connectivity index (χ2v) is 6.18. The fourth-order valence-corrected chi connectivity index (χ4v) is 3.63. The van der Waals surface area contributed by atoms with Crippen LogP contribution in [0.3, 0.4) is 0 Å². The lowest BCUT2D eigenvalue weighted by molar-refractivity contribution is -0.178. The maximum atomic E-state index is 13.1. The molecule has 0 fully saturated rings. The van der Waals surface area contributed by atoms with Crippen LogP contribution in [0.1, 0.15) is 36.7 Å². The monoisotopic (exact) mass is 373 g/mol. The van der Waals surface area contributed by atoms with E-state index >= 15 is 0 Å². The van der Waals surface area contributed by atoms with Crippen molar-refractivity contribution in [1.29, 1.82) is 0 Å². The quantitative estimate of drug-likeness (QED) is 0.597. The highest BCUT2D eigenvalue weighted by atomic mass is 16.6. The molecule has 27 heavy (non-hydrogen) atoms. The highest BCUT2D eigenvalue weighted by Gasteiger charge is 2.71. The summed E-state index contributed by atoms with van der Waals surface area (Å²) in [7, 11) is 0. The zero-order valence-electron chi connectivity index (χ0n) is 15.1. The Morgan fingerprint density at radius 2 is 1.63 bits per heavy atom. The van der Waals surface area contributed by atoms with E-state index < -0.39 is 34.9 Å². The number of aliphatic hydroxyl groups is 1. The predicted octanol–water partition coefficient (Wildman–Crippen LogP) is 0.681. The van der Waals surface area contributed by atoms with Crippen LogP contribution in [-0.4, -0.2) is 52.4 Å². The van der Waals surface area contributed by atoms with E-state index in [0.29, 0.717) is 4.90 Å². The third-order valence-electron chi connectivity index (χ3n) is 4.69. The number of hydrogen-bond acceptors (Lipinski definition) is 7. The number of esters is 2. The van der Waals surface area contributed by atoms with Crippen molar-refractivity contribution < 1.29 is 33.8 Å². The molecular weight excluding hydrogens is 354 g/mol. The molecule has 0 radical (unpaired) electrons. The lowest BCUT2D eigenvalue weighted by atomic mass is 9.92. The van der Waals surface area contributed by atoms with Crippen molar-refractivity contribution in [2.75, 3.05) is 13.2 Å². The first-order chi connectivity index (χ1) is 12.8. The number of amides is 1. The summed E-state index contributed by atoms with van der Waals surface area (Å²) in [6, 6.07) is 6.08. The van der Waals surface area contributed by atoms with Gasteiger partial charge in [0.1, 0.15) is 0 Å². The number of ketones is 1. The number of carbonyl (C=O) groups excluding carboxylic acids is 4. The molecule has 0 saturated heterocycles. The Morgan fingerprint density at radius 1 is 1.07 bits per heavy atom. The smallest absolute Gasteiger partial charge is 0.348 e. The third-order valence-corrected chi connectivity index (χ3v) is 4.69. The van der Waals surface area contributed by atoms with Gasteiger partial charge in [-0.05, 0) is 32.9 Å². The van der Waals surface area contributed by atoms with Crippen molar-refractivity contribution in [2.24, 2.45) is 0 Å². The van der Waals surface area contributed by atoms with Crippen LogP contribution in [0.4, 0.5) is 0 Å². The molecule has 1 unspecified atom stereocenters. The summed E-state index contributed by atoms with van der Waals surface area (Å²) >= 11 is 0. The van der Waals surface area contributed by atoms with Gasteiger partial charge in [-0.3, -0.25) is 14.5 Å². The van der Waals surface area contributed by atoms with Gasteiger partial charge < -0.3 is 14.6 Å². The van der Waals surface area contributed by atoms with E-state index in [1.165, 1.54) is 32.9 Å². The van der Waals surface area contributed by atoms with Crippen molar-refractivity contribution >= 4 is 23.6 Å². The molecule has 1 N–H and O–H groups in total. The Labute approximate surface area is 155 Å². The van der Waals surface area contributed by atoms with Gasteiger partial charge in [0.05, 0.1) is 18.8 Å².